The Labute approximate surface area is 188 Å². The molecule has 0 aromatic heterocycles. The molecule has 1 N–H and O–H groups in total. The van der Waals surface area contributed by atoms with Gasteiger partial charge in [0.25, 0.3) is 0 Å². The highest BCUT2D eigenvalue weighted by atomic mass is 16.3. The van der Waals surface area contributed by atoms with Crippen molar-refractivity contribution < 1.29 is 5.11 Å². The van der Waals surface area contributed by atoms with E-state index in [0.717, 1.165) is 60.2 Å². The van der Waals surface area contributed by atoms with E-state index >= 15 is 0 Å². The Kier molecular flexibility index (Phi) is 6.72. The molecule has 0 spiro atoms. The van der Waals surface area contributed by atoms with Crippen molar-refractivity contribution in [1.82, 2.24) is 0 Å². The minimum absolute atomic E-state index is 0.0111. The summed E-state index contributed by atoms with van der Waals surface area (Å²) in [6.07, 6.45) is 16.5. The van der Waals surface area contributed by atoms with Crippen molar-refractivity contribution in [2.45, 2.75) is 125 Å². The zero-order valence-corrected chi connectivity index (χ0v) is 21.1. The van der Waals surface area contributed by atoms with Gasteiger partial charge in [-0.3, -0.25) is 0 Å². The van der Waals surface area contributed by atoms with Crippen LogP contribution in [0, 0.1) is 58.2 Å². The van der Waals surface area contributed by atoms with Crippen LogP contribution >= 0.6 is 0 Å². The molecule has 0 bridgehead atoms. The first-order chi connectivity index (χ1) is 14.2. The fraction of sp³-hybridized carbons (Fsp3) is 1.00. The van der Waals surface area contributed by atoms with Crippen molar-refractivity contribution in [3.8, 4) is 0 Å². The van der Waals surface area contributed by atoms with Gasteiger partial charge in [-0.2, -0.15) is 0 Å². The lowest BCUT2D eigenvalue weighted by Crippen LogP contribution is -2.54. The molecule has 1 nitrogen and oxygen atoms in total. The molecule has 4 fully saturated rings. The summed E-state index contributed by atoms with van der Waals surface area (Å²) in [5, 5.41) is 10.3. The third-order valence-electron chi connectivity index (χ3n) is 11.9. The van der Waals surface area contributed by atoms with E-state index < -0.39 is 0 Å². The lowest BCUT2D eigenvalue weighted by Gasteiger charge is -2.61. The van der Waals surface area contributed by atoms with E-state index in [1.54, 1.807) is 0 Å². The van der Waals surface area contributed by atoms with Crippen molar-refractivity contribution in [2.75, 3.05) is 0 Å². The molecule has 0 radical (unpaired) electrons. The van der Waals surface area contributed by atoms with Gasteiger partial charge in [0, 0.05) is 0 Å². The van der Waals surface area contributed by atoms with E-state index in [9.17, 15) is 5.11 Å². The maximum atomic E-state index is 10.3. The van der Waals surface area contributed by atoms with Gasteiger partial charge in [-0.15, -0.1) is 0 Å². The molecule has 30 heavy (non-hydrogen) atoms. The summed E-state index contributed by atoms with van der Waals surface area (Å²) in [7, 11) is 0. The van der Waals surface area contributed by atoms with Crippen LogP contribution in [0.3, 0.4) is 0 Å². The van der Waals surface area contributed by atoms with Crippen molar-refractivity contribution in [3.05, 3.63) is 0 Å². The second kappa shape index (κ2) is 8.72. The summed E-state index contributed by atoms with van der Waals surface area (Å²) in [5.41, 5.74) is 1.14. The molecule has 4 unspecified atom stereocenters. The average molecular weight is 417 g/mol. The van der Waals surface area contributed by atoms with Crippen LogP contribution in [0.15, 0.2) is 0 Å². The van der Waals surface area contributed by atoms with Crippen molar-refractivity contribution in [3.63, 3.8) is 0 Å². The van der Waals surface area contributed by atoms with Crippen LogP contribution in [0.4, 0.5) is 0 Å². The van der Waals surface area contributed by atoms with Crippen LogP contribution in [0.5, 0.6) is 0 Å². The number of aliphatic hydroxyl groups excluding tert-OH is 1. The molecular weight excluding hydrogens is 364 g/mol. The molecular formula is C29H52O. The van der Waals surface area contributed by atoms with Crippen LogP contribution in [0.25, 0.3) is 0 Å². The monoisotopic (exact) mass is 416 g/mol. The first kappa shape index (κ1) is 23.1. The maximum absolute atomic E-state index is 10.3. The first-order valence-electron chi connectivity index (χ1n) is 13.9. The van der Waals surface area contributed by atoms with Crippen molar-refractivity contribution >= 4 is 0 Å². The summed E-state index contributed by atoms with van der Waals surface area (Å²) in [4.78, 5) is 0. The van der Waals surface area contributed by atoms with Gasteiger partial charge >= 0.3 is 0 Å². The molecule has 1 heteroatoms. The molecule has 4 saturated carbocycles. The Hall–Kier alpha value is -0.0400. The Bertz CT molecular complexity index is 583. The largest absolute Gasteiger partial charge is 0.393 e. The first-order valence-corrected chi connectivity index (χ1v) is 13.9. The van der Waals surface area contributed by atoms with E-state index in [1.807, 2.05) is 0 Å². The Morgan fingerprint density at radius 3 is 2.23 bits per heavy atom. The highest BCUT2D eigenvalue weighted by molar-refractivity contribution is 5.09. The second-order valence-electron chi connectivity index (χ2n) is 13.3. The molecule has 4 rings (SSSR count). The number of hydrogen-bond donors (Lipinski definition) is 1. The van der Waals surface area contributed by atoms with Crippen molar-refractivity contribution in [2.24, 2.45) is 58.2 Å². The van der Waals surface area contributed by atoms with Crippen LogP contribution in [-0.4, -0.2) is 11.2 Å². The third-order valence-corrected chi connectivity index (χ3v) is 11.9. The molecule has 4 aliphatic carbocycles. The van der Waals surface area contributed by atoms with E-state index in [-0.39, 0.29) is 6.10 Å². The van der Waals surface area contributed by atoms with Gasteiger partial charge in [0.1, 0.15) is 0 Å². The smallest absolute Gasteiger partial charge is 0.0543 e. The molecule has 0 heterocycles. The summed E-state index contributed by atoms with van der Waals surface area (Å²) in [5.74, 6) is 7.34. The fourth-order valence-electron chi connectivity index (χ4n) is 9.90. The fourth-order valence-corrected chi connectivity index (χ4v) is 9.90. The molecule has 4 aliphatic rings. The summed E-state index contributed by atoms with van der Waals surface area (Å²) < 4.78 is 0. The number of rotatable bonds is 6. The van der Waals surface area contributed by atoms with Gasteiger partial charge in [0.15, 0.2) is 0 Å². The summed E-state index contributed by atoms with van der Waals surface area (Å²) in [6.45, 7) is 15.2. The predicted molar refractivity (Wildman–Crippen MR) is 128 cm³/mol. The minimum Gasteiger partial charge on any atom is -0.393 e. The maximum Gasteiger partial charge on any atom is 0.0543 e. The lowest BCUT2D eigenvalue weighted by atomic mass is 9.44. The van der Waals surface area contributed by atoms with Gasteiger partial charge in [-0.05, 0) is 122 Å². The number of aliphatic hydroxyl groups is 1. The van der Waals surface area contributed by atoms with Crippen LogP contribution in [0.2, 0.25) is 0 Å². The molecule has 0 aromatic rings. The molecule has 0 saturated heterocycles. The Morgan fingerprint density at radius 2 is 1.53 bits per heavy atom. The van der Waals surface area contributed by atoms with Gasteiger partial charge in [0.05, 0.1) is 6.10 Å². The Morgan fingerprint density at radius 1 is 0.833 bits per heavy atom. The van der Waals surface area contributed by atoms with Crippen molar-refractivity contribution in [1.29, 1.82) is 0 Å². The Balaban J connectivity index is 1.45. The van der Waals surface area contributed by atoms with Gasteiger partial charge in [0.2, 0.25) is 0 Å². The molecule has 174 valence electrons. The zero-order valence-electron chi connectivity index (χ0n) is 21.1. The van der Waals surface area contributed by atoms with Gasteiger partial charge in [-0.1, -0.05) is 54.4 Å². The quantitative estimate of drug-likeness (QED) is 0.463. The molecule has 0 aliphatic heterocycles. The highest BCUT2D eigenvalue weighted by Crippen LogP contribution is 2.68. The third kappa shape index (κ3) is 3.82. The zero-order chi connectivity index (χ0) is 21.7. The second-order valence-corrected chi connectivity index (χ2v) is 13.3. The minimum atomic E-state index is -0.0111. The van der Waals surface area contributed by atoms with E-state index in [2.05, 4.69) is 41.5 Å². The molecule has 10 atom stereocenters. The number of hydrogen-bond acceptors (Lipinski definition) is 1. The SMILES string of the molecule is CC[C@@H](CC[C@@H](C)[C@H]1CCC2C3CCC4C[C@@H](O)CC[C@]4(C)C3CC[C@@]21C)C(C)C. The molecule has 0 aromatic carbocycles. The van der Waals surface area contributed by atoms with Crippen LogP contribution in [-0.2, 0) is 0 Å². The number of fused-ring (bicyclic) bond motifs is 5. The normalized spacial score (nSPS) is 48.0. The topological polar surface area (TPSA) is 20.2 Å². The van der Waals surface area contributed by atoms with E-state index in [0.29, 0.717) is 10.8 Å². The van der Waals surface area contributed by atoms with E-state index in [1.165, 1.54) is 64.2 Å². The van der Waals surface area contributed by atoms with Crippen LogP contribution < -0.4 is 0 Å². The van der Waals surface area contributed by atoms with Gasteiger partial charge < -0.3 is 5.11 Å². The highest BCUT2D eigenvalue weighted by Gasteiger charge is 2.60. The van der Waals surface area contributed by atoms with E-state index in [4.69, 9.17) is 0 Å². The standard InChI is InChI=1S/C29H52O/c1-7-21(19(2)3)9-8-20(4)25-12-13-26-24-11-10-22-18-23(30)14-16-28(22,5)27(24)15-17-29(25,26)6/h19-27,30H,7-18H2,1-6H3/t20-,21+,22?,23+,24?,25-,26?,27?,28+,29-/m1/s1. The summed E-state index contributed by atoms with van der Waals surface area (Å²) >= 11 is 0. The lowest BCUT2D eigenvalue weighted by molar-refractivity contribution is -0.129. The van der Waals surface area contributed by atoms with Crippen LogP contribution in [0.1, 0.15) is 119 Å². The average Bonchev–Trinajstić information content (AvgIpc) is 3.06. The van der Waals surface area contributed by atoms with Gasteiger partial charge in [-0.25, -0.2) is 0 Å². The molecule has 0 amide bonds. The summed E-state index contributed by atoms with van der Waals surface area (Å²) in [6, 6.07) is 0. The predicted octanol–water partition coefficient (Wildman–Crippen LogP) is 8.10.